The van der Waals surface area contributed by atoms with Crippen molar-refractivity contribution in [2.75, 3.05) is 34.0 Å². The van der Waals surface area contributed by atoms with E-state index in [-0.39, 0.29) is 17.4 Å². The molecule has 5 rings (SSSR count). The van der Waals surface area contributed by atoms with Crippen LogP contribution >= 0.6 is 0 Å². The molecule has 0 amide bonds. The molecule has 0 spiro atoms. The van der Waals surface area contributed by atoms with E-state index >= 15 is 0 Å². The largest absolute Gasteiger partial charge is 0.390 e. The zero-order chi connectivity index (χ0) is 27.6. The third kappa shape index (κ3) is 5.97. The van der Waals surface area contributed by atoms with Gasteiger partial charge in [0, 0.05) is 27.4 Å². The summed E-state index contributed by atoms with van der Waals surface area (Å²) in [5, 5.41) is 20.8. The van der Waals surface area contributed by atoms with Gasteiger partial charge in [0.25, 0.3) is 0 Å². The van der Waals surface area contributed by atoms with Crippen LogP contribution in [0, 0.1) is 40.9 Å². The fourth-order valence-electron chi connectivity index (χ4n) is 9.43. The molecule has 0 saturated heterocycles. The second-order valence-electron chi connectivity index (χ2n) is 13.6. The molecule has 1 aliphatic heterocycles. The Morgan fingerprint density at radius 3 is 2.56 bits per heavy atom. The van der Waals surface area contributed by atoms with Gasteiger partial charge in [0.1, 0.15) is 5.69 Å². The molecule has 4 bridgehead atoms. The molecule has 3 saturated carbocycles. The molecule has 8 heteroatoms. The molecule has 2 heterocycles. The Morgan fingerprint density at radius 2 is 1.77 bits per heavy atom. The predicted octanol–water partition coefficient (Wildman–Crippen LogP) is 4.88. The van der Waals surface area contributed by atoms with E-state index in [2.05, 4.69) is 31.1 Å². The highest BCUT2D eigenvalue weighted by Gasteiger charge is 2.60. The minimum atomic E-state index is -0.700. The van der Waals surface area contributed by atoms with Crippen molar-refractivity contribution < 1.29 is 24.1 Å². The summed E-state index contributed by atoms with van der Waals surface area (Å²) in [5.74, 6) is 2.33. The number of methoxy groups -OCH3 is 2. The Labute approximate surface area is 235 Å². The van der Waals surface area contributed by atoms with E-state index < -0.39 is 5.60 Å². The average Bonchev–Trinajstić information content (AvgIpc) is 3.49. The van der Waals surface area contributed by atoms with Gasteiger partial charge >= 0.3 is 0 Å². The van der Waals surface area contributed by atoms with Gasteiger partial charge in [-0.05, 0) is 106 Å². The third-order valence-corrected chi connectivity index (χ3v) is 11.6. The van der Waals surface area contributed by atoms with Crippen LogP contribution in [0.15, 0.2) is 6.20 Å². The number of hydrogen-bond acceptors (Lipinski definition) is 7. The zero-order valence-electron chi connectivity index (χ0n) is 25.0. The minimum absolute atomic E-state index is 0.158. The van der Waals surface area contributed by atoms with Gasteiger partial charge in [-0.3, -0.25) is 0 Å². The van der Waals surface area contributed by atoms with Gasteiger partial charge in [-0.15, -0.1) is 5.10 Å². The highest BCUT2D eigenvalue weighted by atomic mass is 16.5. The highest BCUT2D eigenvalue weighted by molar-refractivity contribution is 5.09. The Balaban J connectivity index is 1.42. The molecule has 8 nitrogen and oxygen atoms in total. The van der Waals surface area contributed by atoms with Crippen molar-refractivity contribution in [2.45, 2.75) is 110 Å². The number of ether oxygens (including phenoxy) is 4. The SMILES string of the molecule is CO[C@@H]1CC[C@@]2(C)[C@@H](C1)C[C@@H](OC)C1[C@@H]2CCOCCn2cc(nn2)COCCC[C@@H](C)C2CC[C@@H]1[C@]2(C)O. The van der Waals surface area contributed by atoms with Gasteiger partial charge in [0.15, 0.2) is 0 Å². The molecule has 1 aromatic heterocycles. The zero-order valence-corrected chi connectivity index (χ0v) is 25.0. The fraction of sp³-hybridized carbons (Fsp3) is 0.935. The van der Waals surface area contributed by atoms with E-state index in [0.717, 1.165) is 57.1 Å². The molecule has 222 valence electrons. The van der Waals surface area contributed by atoms with Gasteiger partial charge in [0.05, 0.1) is 43.8 Å². The summed E-state index contributed by atoms with van der Waals surface area (Å²) >= 11 is 0. The van der Waals surface area contributed by atoms with Gasteiger partial charge in [-0.1, -0.05) is 19.1 Å². The molecule has 1 N–H and O–H groups in total. The summed E-state index contributed by atoms with van der Waals surface area (Å²) in [6.45, 7) is 10.2. The molecule has 3 fully saturated rings. The lowest BCUT2D eigenvalue weighted by molar-refractivity contribution is -0.178. The van der Waals surface area contributed by atoms with Crippen LogP contribution in [0.25, 0.3) is 0 Å². The summed E-state index contributed by atoms with van der Waals surface area (Å²) in [5.41, 5.74) is 0.368. The summed E-state index contributed by atoms with van der Waals surface area (Å²) < 4.78 is 26.2. The van der Waals surface area contributed by atoms with Gasteiger partial charge in [-0.25, -0.2) is 4.68 Å². The van der Waals surface area contributed by atoms with Gasteiger partial charge in [0.2, 0.25) is 0 Å². The lowest BCUT2D eigenvalue weighted by Gasteiger charge is -2.59. The lowest BCUT2D eigenvalue weighted by atomic mass is 9.48. The van der Waals surface area contributed by atoms with E-state index in [1.54, 1.807) is 0 Å². The van der Waals surface area contributed by atoms with Crippen LogP contribution in [0.4, 0.5) is 0 Å². The highest BCUT2D eigenvalue weighted by Crippen LogP contribution is 2.62. The molecule has 4 aliphatic rings. The van der Waals surface area contributed by atoms with Crippen LogP contribution < -0.4 is 0 Å². The molecular weight excluding hydrogens is 494 g/mol. The van der Waals surface area contributed by atoms with Gasteiger partial charge < -0.3 is 24.1 Å². The second kappa shape index (κ2) is 12.4. The van der Waals surface area contributed by atoms with Crippen molar-refractivity contribution in [3.8, 4) is 0 Å². The van der Waals surface area contributed by atoms with Crippen molar-refractivity contribution in [3.63, 3.8) is 0 Å². The third-order valence-electron chi connectivity index (χ3n) is 11.6. The van der Waals surface area contributed by atoms with Crippen molar-refractivity contribution >= 4 is 0 Å². The van der Waals surface area contributed by atoms with Gasteiger partial charge in [-0.2, -0.15) is 0 Å². The van der Waals surface area contributed by atoms with Crippen LogP contribution in [0.2, 0.25) is 0 Å². The summed E-state index contributed by atoms with van der Waals surface area (Å²) in [6, 6.07) is 0. The quantitative estimate of drug-likeness (QED) is 0.565. The first-order valence-corrected chi connectivity index (χ1v) is 15.6. The maximum atomic E-state index is 12.3. The predicted molar refractivity (Wildman–Crippen MR) is 149 cm³/mol. The standard InChI is InChI=1S/C31H53N3O5/c1-21-7-6-14-39-20-23-19-34(33-32-23)13-16-38-15-11-26-29(27-9-8-25(21)31(27,3)35)28(37-5)18-22-17-24(36-4)10-12-30(22,26)2/h19,21-22,24-29,35H,6-18,20H2,1-5H3/t21-,22+,24-,25?,26+,27+,28-,29?,30+,31-/m1/s1. The van der Waals surface area contributed by atoms with E-state index in [9.17, 15) is 5.11 Å². The molecule has 0 radical (unpaired) electrons. The van der Waals surface area contributed by atoms with Crippen LogP contribution in [0.1, 0.15) is 84.3 Å². The fourth-order valence-corrected chi connectivity index (χ4v) is 9.43. The van der Waals surface area contributed by atoms with E-state index in [0.29, 0.717) is 68.7 Å². The number of nitrogens with zero attached hydrogens (tertiary/aromatic N) is 3. The summed E-state index contributed by atoms with van der Waals surface area (Å²) in [6.07, 6.45) is 12.1. The topological polar surface area (TPSA) is 87.9 Å². The smallest absolute Gasteiger partial charge is 0.108 e. The van der Waals surface area contributed by atoms with E-state index in [1.165, 1.54) is 6.42 Å². The van der Waals surface area contributed by atoms with Crippen molar-refractivity contribution in [3.05, 3.63) is 11.9 Å². The van der Waals surface area contributed by atoms with Crippen LogP contribution in [0.3, 0.4) is 0 Å². The number of rotatable bonds is 2. The second-order valence-corrected chi connectivity index (χ2v) is 13.6. The van der Waals surface area contributed by atoms with Crippen LogP contribution in [-0.2, 0) is 32.1 Å². The van der Waals surface area contributed by atoms with E-state index in [4.69, 9.17) is 18.9 Å². The Hall–Kier alpha value is -1.06. The first kappa shape index (κ1) is 29.4. The van der Waals surface area contributed by atoms with Crippen molar-refractivity contribution in [1.29, 1.82) is 0 Å². The molecule has 3 aliphatic carbocycles. The Bertz CT molecular complexity index is 924. The van der Waals surface area contributed by atoms with Crippen molar-refractivity contribution in [1.82, 2.24) is 15.0 Å². The molecule has 39 heavy (non-hydrogen) atoms. The molecule has 1 aromatic rings. The number of aromatic nitrogens is 3. The lowest BCUT2D eigenvalue weighted by Crippen LogP contribution is -2.58. The number of hydrogen-bond donors (Lipinski definition) is 1. The van der Waals surface area contributed by atoms with Crippen LogP contribution in [0.5, 0.6) is 0 Å². The Kier molecular flexibility index (Phi) is 9.39. The molecule has 0 aromatic carbocycles. The van der Waals surface area contributed by atoms with E-state index in [1.807, 2.05) is 25.1 Å². The van der Waals surface area contributed by atoms with Crippen molar-refractivity contribution in [2.24, 2.45) is 40.9 Å². The minimum Gasteiger partial charge on any atom is -0.390 e. The first-order chi connectivity index (χ1) is 18.8. The number of aliphatic hydroxyl groups is 1. The molecular formula is C31H53N3O5. The summed E-state index contributed by atoms with van der Waals surface area (Å²) in [4.78, 5) is 0. The van der Waals surface area contributed by atoms with Crippen LogP contribution in [-0.4, -0.2) is 71.9 Å². The molecule has 2 unspecified atom stereocenters. The summed E-state index contributed by atoms with van der Waals surface area (Å²) in [7, 11) is 3.75. The first-order valence-electron chi connectivity index (χ1n) is 15.6. The maximum absolute atomic E-state index is 12.3. The monoisotopic (exact) mass is 547 g/mol. The molecule has 10 atom stereocenters. The Morgan fingerprint density at radius 1 is 0.949 bits per heavy atom. The average molecular weight is 548 g/mol. The maximum Gasteiger partial charge on any atom is 0.108 e. The number of fused-ring (bicyclic) bond motifs is 8. The normalized spacial score (nSPS) is 44.5.